The van der Waals surface area contributed by atoms with E-state index < -0.39 is 40.6 Å². The molecular weight excluding hydrogens is 405 g/mol. The fourth-order valence-electron chi connectivity index (χ4n) is 3.71. The highest BCUT2D eigenvalue weighted by Crippen LogP contribution is 2.40. The first-order valence-corrected chi connectivity index (χ1v) is 10.7. The Morgan fingerprint density at radius 1 is 1.36 bits per heavy atom. The number of likely N-dealkylation sites (tertiary alicyclic amines) is 1. The van der Waals surface area contributed by atoms with Crippen molar-refractivity contribution in [3.05, 3.63) is 0 Å². The number of sulfonamides is 1. The van der Waals surface area contributed by atoms with Crippen molar-refractivity contribution in [2.75, 3.05) is 33.4 Å². The zero-order valence-corrected chi connectivity index (χ0v) is 16.3. The maximum absolute atomic E-state index is 12.6. The number of rotatable bonds is 5. The predicted molar refractivity (Wildman–Crippen MR) is 91.0 cm³/mol. The fourth-order valence-corrected chi connectivity index (χ4v) is 5.46. The average molecular weight is 430 g/mol. The number of aliphatic hydroxyl groups is 1. The van der Waals surface area contributed by atoms with Gasteiger partial charge < -0.3 is 19.5 Å². The molecule has 0 radical (unpaired) electrons. The van der Waals surface area contributed by atoms with Crippen LogP contribution in [-0.2, 0) is 19.5 Å². The quantitative estimate of drug-likeness (QED) is 0.702. The highest BCUT2D eigenvalue weighted by Gasteiger charge is 2.49. The highest BCUT2D eigenvalue weighted by atomic mass is 32.2. The van der Waals surface area contributed by atoms with E-state index in [0.29, 0.717) is 32.1 Å². The van der Waals surface area contributed by atoms with E-state index in [9.17, 15) is 26.4 Å². The minimum Gasteiger partial charge on any atom is -0.434 e. The molecule has 12 heteroatoms. The summed E-state index contributed by atoms with van der Waals surface area (Å²) in [6, 6.07) is -0.284. The summed E-state index contributed by atoms with van der Waals surface area (Å²) in [7, 11) is -1.77. The molecule has 1 N–H and O–H groups in total. The molecule has 28 heavy (non-hydrogen) atoms. The van der Waals surface area contributed by atoms with Gasteiger partial charge in [0.05, 0.1) is 30.1 Å². The van der Waals surface area contributed by atoms with Crippen molar-refractivity contribution in [1.82, 2.24) is 9.21 Å². The number of amides is 1. The molecule has 1 spiro atoms. The minimum atomic E-state index is -4.83. The molecule has 2 heterocycles. The van der Waals surface area contributed by atoms with Gasteiger partial charge in [0.15, 0.2) is 0 Å². The summed E-state index contributed by atoms with van der Waals surface area (Å²) in [4.78, 5) is 13.1. The van der Waals surface area contributed by atoms with Crippen molar-refractivity contribution in [3.8, 4) is 0 Å². The Morgan fingerprint density at radius 3 is 2.46 bits per heavy atom. The first-order valence-electron chi connectivity index (χ1n) is 9.22. The van der Waals surface area contributed by atoms with Gasteiger partial charge in [-0.15, -0.1) is 0 Å². The molecule has 0 aromatic rings. The molecule has 2 saturated heterocycles. The molecule has 3 fully saturated rings. The van der Waals surface area contributed by atoms with Crippen LogP contribution in [0.1, 0.15) is 32.1 Å². The van der Waals surface area contributed by atoms with Crippen LogP contribution in [0.5, 0.6) is 0 Å². The van der Waals surface area contributed by atoms with Gasteiger partial charge in [0.25, 0.3) is 0 Å². The number of carbonyl (C=O) groups is 1. The summed E-state index contributed by atoms with van der Waals surface area (Å²) in [5, 5.41) is 8.47. The van der Waals surface area contributed by atoms with Gasteiger partial charge in [-0.25, -0.2) is 13.2 Å². The molecule has 0 aromatic carbocycles. The van der Waals surface area contributed by atoms with Crippen LogP contribution in [0.3, 0.4) is 0 Å². The van der Waals surface area contributed by atoms with Crippen LogP contribution in [0.4, 0.5) is 18.0 Å². The molecule has 1 saturated carbocycles. The van der Waals surface area contributed by atoms with E-state index in [1.165, 1.54) is 4.31 Å². The highest BCUT2D eigenvalue weighted by molar-refractivity contribution is 7.90. The van der Waals surface area contributed by atoms with Gasteiger partial charge in [0.2, 0.25) is 16.1 Å². The van der Waals surface area contributed by atoms with Crippen molar-refractivity contribution >= 4 is 16.1 Å². The number of aliphatic hydroxyl groups excluding tert-OH is 1. The largest absolute Gasteiger partial charge is 0.434 e. The molecule has 1 amide bonds. The lowest BCUT2D eigenvalue weighted by Gasteiger charge is -2.38. The van der Waals surface area contributed by atoms with E-state index in [2.05, 4.69) is 4.74 Å². The van der Waals surface area contributed by atoms with Gasteiger partial charge in [0, 0.05) is 20.1 Å². The lowest BCUT2D eigenvalue weighted by molar-refractivity contribution is -0.215. The van der Waals surface area contributed by atoms with E-state index >= 15 is 0 Å². The Kier molecular flexibility index (Phi) is 5.87. The zero-order chi connectivity index (χ0) is 20.7. The summed E-state index contributed by atoms with van der Waals surface area (Å²) in [5.41, 5.74) is -0.588. The summed E-state index contributed by atoms with van der Waals surface area (Å²) in [5.74, 6) is 0. The molecule has 0 aromatic heterocycles. The Labute approximate surface area is 161 Å². The summed E-state index contributed by atoms with van der Waals surface area (Å²) in [6.45, 7) is -0.797. The summed E-state index contributed by atoms with van der Waals surface area (Å²) >= 11 is 0. The lowest BCUT2D eigenvalue weighted by atomic mass is 9.87. The van der Waals surface area contributed by atoms with Gasteiger partial charge in [-0.3, -0.25) is 0 Å². The van der Waals surface area contributed by atoms with Crippen LogP contribution in [0, 0.1) is 0 Å². The third-order valence-electron chi connectivity index (χ3n) is 5.76. The van der Waals surface area contributed by atoms with Crippen LogP contribution < -0.4 is 0 Å². The smallest absolute Gasteiger partial charge is 0.427 e. The number of ether oxygens (including phenoxy) is 2. The first-order chi connectivity index (χ1) is 13.0. The third kappa shape index (κ3) is 4.39. The van der Waals surface area contributed by atoms with Gasteiger partial charge in [0.1, 0.15) is 0 Å². The number of alkyl halides is 3. The van der Waals surface area contributed by atoms with Gasteiger partial charge in [-0.05, 0) is 32.1 Å². The Bertz CT molecular complexity index is 689. The fraction of sp³-hybridized carbons (Fsp3) is 0.938. The zero-order valence-electron chi connectivity index (χ0n) is 15.5. The van der Waals surface area contributed by atoms with Crippen molar-refractivity contribution in [3.63, 3.8) is 0 Å². The number of carbonyl (C=O) groups excluding carboxylic acids is 1. The third-order valence-corrected chi connectivity index (χ3v) is 8.17. The van der Waals surface area contributed by atoms with E-state index in [4.69, 9.17) is 9.84 Å². The molecule has 3 aliphatic rings. The monoisotopic (exact) mass is 430 g/mol. The van der Waals surface area contributed by atoms with Crippen molar-refractivity contribution in [1.29, 1.82) is 0 Å². The molecule has 2 aliphatic heterocycles. The number of halogens is 3. The van der Waals surface area contributed by atoms with E-state index in [-0.39, 0.29) is 31.0 Å². The molecule has 2 atom stereocenters. The van der Waals surface area contributed by atoms with Gasteiger partial charge in [-0.1, -0.05) is 0 Å². The minimum absolute atomic E-state index is 0.140. The predicted octanol–water partition coefficient (Wildman–Crippen LogP) is 1.09. The Hall–Kier alpha value is -1.11. The standard InChI is InChI=1S/C16H25F3N2O6S/c1-20(28(24,25)12-2-3-12)11-8-15(26-10-11)4-6-21(7-5-15)14(23)27-13(9-22)16(17,18)19/h11-13,22H,2-10H2,1H3/t11-,13-/m1/s1. The average Bonchev–Trinajstić information content (AvgIpc) is 3.42. The SMILES string of the molecule is CN([C@H]1COC2(CCN(C(=O)O[C@H](CO)C(F)(F)F)CC2)C1)S(=O)(=O)C1CC1. The lowest BCUT2D eigenvalue weighted by Crippen LogP contribution is -2.49. The number of piperidine rings is 1. The van der Waals surface area contributed by atoms with Crippen molar-refractivity contribution in [2.45, 2.75) is 61.3 Å². The Balaban J connectivity index is 1.53. The Morgan fingerprint density at radius 2 is 1.96 bits per heavy atom. The molecule has 8 nitrogen and oxygen atoms in total. The molecule has 0 unspecified atom stereocenters. The van der Waals surface area contributed by atoms with E-state index in [1.807, 2.05) is 0 Å². The van der Waals surface area contributed by atoms with Crippen LogP contribution in [0.2, 0.25) is 0 Å². The number of likely N-dealkylation sites (N-methyl/N-ethyl adjacent to an activating group) is 1. The number of hydrogen-bond donors (Lipinski definition) is 1. The number of hydrogen-bond acceptors (Lipinski definition) is 6. The summed E-state index contributed by atoms with van der Waals surface area (Å²) < 4.78 is 74.3. The van der Waals surface area contributed by atoms with Crippen LogP contribution in [0.15, 0.2) is 0 Å². The topological polar surface area (TPSA) is 96.4 Å². The second kappa shape index (κ2) is 7.62. The molecule has 162 valence electrons. The van der Waals surface area contributed by atoms with Crippen LogP contribution in [-0.4, -0.2) is 91.3 Å². The van der Waals surface area contributed by atoms with E-state index in [1.54, 1.807) is 7.05 Å². The van der Waals surface area contributed by atoms with Crippen LogP contribution in [0.25, 0.3) is 0 Å². The molecular formula is C16H25F3N2O6S. The van der Waals surface area contributed by atoms with Crippen molar-refractivity contribution in [2.24, 2.45) is 0 Å². The maximum Gasteiger partial charge on any atom is 0.427 e. The van der Waals surface area contributed by atoms with Crippen LogP contribution >= 0.6 is 0 Å². The maximum atomic E-state index is 12.6. The van der Waals surface area contributed by atoms with Gasteiger partial charge >= 0.3 is 12.3 Å². The first kappa shape index (κ1) is 21.6. The second-order valence-corrected chi connectivity index (χ2v) is 9.97. The molecule has 3 rings (SSSR count). The normalized spacial score (nSPS) is 26.6. The summed E-state index contributed by atoms with van der Waals surface area (Å²) in [6.07, 6.45) is -5.92. The molecule has 0 bridgehead atoms. The van der Waals surface area contributed by atoms with Gasteiger partial charge in [-0.2, -0.15) is 17.5 Å². The molecule has 1 aliphatic carbocycles. The second-order valence-electron chi connectivity index (χ2n) is 7.70. The number of nitrogens with zero attached hydrogens (tertiary/aromatic N) is 2. The van der Waals surface area contributed by atoms with Crippen molar-refractivity contribution < 1.29 is 41.0 Å². The van der Waals surface area contributed by atoms with E-state index in [0.717, 1.165) is 4.90 Å².